The van der Waals surface area contributed by atoms with Crippen LogP contribution in [0.3, 0.4) is 0 Å². The number of rotatable bonds is 8. The van der Waals surface area contributed by atoms with Gasteiger partial charge < -0.3 is 4.74 Å². The van der Waals surface area contributed by atoms with Gasteiger partial charge in [0.25, 0.3) is 0 Å². The van der Waals surface area contributed by atoms with Crippen molar-refractivity contribution in [1.29, 1.82) is 0 Å². The van der Waals surface area contributed by atoms with E-state index in [9.17, 15) is 32.7 Å². The molecular formula is C27H28F3N8O5Se. The molecule has 2 aliphatic heterocycles. The van der Waals surface area contributed by atoms with Crippen LogP contribution in [0.2, 0.25) is 4.82 Å². The molecule has 2 aliphatic rings. The van der Waals surface area contributed by atoms with E-state index in [4.69, 9.17) is 4.74 Å². The fraction of sp³-hybridized carbons (Fsp3) is 0.444. The van der Waals surface area contributed by atoms with Gasteiger partial charge in [0.05, 0.1) is 18.3 Å². The van der Waals surface area contributed by atoms with E-state index in [2.05, 4.69) is 41.3 Å². The number of carboxylic acid groups (broad SMARTS) is 1. The van der Waals surface area contributed by atoms with Gasteiger partial charge in [-0.2, -0.15) is 13.2 Å². The van der Waals surface area contributed by atoms with Gasteiger partial charge in [-0.25, -0.2) is 19.9 Å². The number of urea groups is 1. The van der Waals surface area contributed by atoms with Crippen molar-refractivity contribution in [3.8, 4) is 17.1 Å². The number of ether oxygens (including phenoxy) is 1. The third-order valence-electron chi connectivity index (χ3n) is 7.62. The molecule has 0 spiro atoms. The molecule has 3 aromatic rings. The molecule has 3 unspecified atom stereocenters. The number of anilines is 1. The van der Waals surface area contributed by atoms with Gasteiger partial charge in [0.15, 0.2) is 0 Å². The molecule has 5 rings (SSSR count). The molecule has 0 bridgehead atoms. The summed E-state index contributed by atoms with van der Waals surface area (Å²) < 4.78 is 45.5. The van der Waals surface area contributed by atoms with Crippen LogP contribution in [0, 0.1) is 0 Å². The summed E-state index contributed by atoms with van der Waals surface area (Å²) in [6, 6.07) is 2.31. The Labute approximate surface area is 257 Å². The number of carbonyl (C=O) groups excluding carboxylic acids is 2. The van der Waals surface area contributed by atoms with Gasteiger partial charge in [-0.15, -0.1) is 0 Å². The number of likely N-dealkylation sites (tertiary alicyclic amines) is 2. The second-order valence-electron chi connectivity index (χ2n) is 10.5. The molecule has 2 N–H and O–H groups in total. The van der Waals surface area contributed by atoms with Crippen LogP contribution >= 0.6 is 0 Å². The number of methoxy groups -OCH3 is 1. The van der Waals surface area contributed by atoms with Crippen LogP contribution in [0.4, 0.5) is 28.6 Å². The number of halogens is 3. The fourth-order valence-electron chi connectivity index (χ4n) is 5.33. The molecule has 3 aromatic heterocycles. The van der Waals surface area contributed by atoms with Gasteiger partial charge >= 0.3 is 148 Å². The van der Waals surface area contributed by atoms with Gasteiger partial charge in [-0.3, -0.25) is 0 Å². The smallest absolute Gasteiger partial charge is 0.242 e. The van der Waals surface area contributed by atoms with E-state index in [0.29, 0.717) is 42.6 Å². The molecule has 17 heteroatoms. The first-order chi connectivity index (χ1) is 20.9. The van der Waals surface area contributed by atoms with Crippen molar-refractivity contribution in [3.05, 3.63) is 36.3 Å². The predicted molar refractivity (Wildman–Crippen MR) is 151 cm³/mol. The molecule has 3 amide bonds. The Kier molecular flexibility index (Phi) is 8.79. The van der Waals surface area contributed by atoms with Gasteiger partial charge in [0.1, 0.15) is 17.4 Å². The molecule has 0 aliphatic carbocycles. The molecule has 0 saturated carbocycles. The average molecular weight is 681 g/mol. The molecule has 1 radical (unpaired) electrons. The second kappa shape index (κ2) is 12.4. The van der Waals surface area contributed by atoms with E-state index < -0.39 is 35.8 Å². The minimum atomic E-state index is -4.68. The van der Waals surface area contributed by atoms with E-state index in [1.54, 1.807) is 28.9 Å². The van der Waals surface area contributed by atoms with Gasteiger partial charge in [-0.05, 0) is 18.2 Å². The molecule has 233 valence electrons. The number of hydrogen-bond acceptors (Lipinski definition) is 9. The number of pyridine rings is 2. The normalized spacial score (nSPS) is 18.5. The third kappa shape index (κ3) is 6.19. The van der Waals surface area contributed by atoms with Gasteiger partial charge in [0, 0.05) is 11.8 Å². The van der Waals surface area contributed by atoms with Crippen molar-refractivity contribution >= 4 is 51.3 Å². The van der Waals surface area contributed by atoms with Gasteiger partial charge in [0.2, 0.25) is 5.88 Å². The Morgan fingerprint density at radius 2 is 1.95 bits per heavy atom. The number of alkyl halides is 3. The number of nitrogens with zero attached hydrogens (tertiary/aromatic N) is 7. The molecule has 44 heavy (non-hydrogen) atoms. The number of aldehydes is 1. The Balaban J connectivity index is 1.27. The zero-order chi connectivity index (χ0) is 31.8. The second-order valence-corrected chi connectivity index (χ2v) is 12.1. The summed E-state index contributed by atoms with van der Waals surface area (Å²) in [5, 5.41) is 12.9. The zero-order valence-corrected chi connectivity index (χ0v) is 25.3. The summed E-state index contributed by atoms with van der Waals surface area (Å²) in [6.07, 6.45) is -2.12. The maximum atomic E-state index is 13.6. The number of hydrogen-bond donors (Lipinski definition) is 2. The first-order valence-electron chi connectivity index (χ1n) is 13.6. The summed E-state index contributed by atoms with van der Waals surface area (Å²) in [4.78, 5) is 57.3. The number of nitrogens with one attached hydrogen (secondary N) is 1. The average Bonchev–Trinajstić information content (AvgIpc) is 3.43. The predicted octanol–water partition coefficient (Wildman–Crippen LogP) is 2.93. The van der Waals surface area contributed by atoms with Crippen molar-refractivity contribution < 1.29 is 37.4 Å². The van der Waals surface area contributed by atoms with Gasteiger partial charge in [-0.1, -0.05) is 0 Å². The van der Waals surface area contributed by atoms with Crippen LogP contribution in [0.5, 0.6) is 5.88 Å². The Bertz CT molecular complexity index is 1570. The van der Waals surface area contributed by atoms with Crippen LogP contribution in [0.1, 0.15) is 18.9 Å². The van der Waals surface area contributed by atoms with Crippen molar-refractivity contribution in [2.75, 3.05) is 38.6 Å². The van der Waals surface area contributed by atoms with E-state index in [-0.39, 0.29) is 41.2 Å². The van der Waals surface area contributed by atoms with E-state index >= 15 is 0 Å². The van der Waals surface area contributed by atoms with Crippen LogP contribution in [-0.4, -0.2) is 126 Å². The van der Waals surface area contributed by atoms with E-state index in [1.807, 2.05) is 0 Å². The topological polar surface area (TPSA) is 154 Å². The van der Waals surface area contributed by atoms with Crippen molar-refractivity contribution in [2.45, 2.75) is 42.5 Å². The minimum Gasteiger partial charge on any atom is -0.242 e. The maximum absolute atomic E-state index is 13.6. The van der Waals surface area contributed by atoms with Crippen LogP contribution in [-0.2, 0) is 11.0 Å². The third-order valence-corrected chi connectivity index (χ3v) is 8.20. The van der Waals surface area contributed by atoms with Crippen LogP contribution < -0.4 is 10.1 Å². The number of amides is 3. The summed E-state index contributed by atoms with van der Waals surface area (Å²) in [5.41, 5.74) is 0.147. The molecule has 5 heterocycles. The monoisotopic (exact) mass is 681 g/mol. The summed E-state index contributed by atoms with van der Waals surface area (Å²) in [7, 11) is 1.11. The maximum Gasteiger partial charge on any atom is 0.421 e. The number of aromatic nitrogens is 4. The first kappa shape index (κ1) is 31.2. The fourth-order valence-corrected chi connectivity index (χ4v) is 5.74. The number of carbonyl (C=O) groups is 3. The summed E-state index contributed by atoms with van der Waals surface area (Å²) in [5.74, 6) is -0.180. The molecular weight excluding hydrogens is 652 g/mol. The molecule has 2 saturated heterocycles. The quantitative estimate of drug-likeness (QED) is 0.268. The standard InChI is InChI=1S/C27H28F3N8O5Se/c1-14(44)21(12-39)38(26(41)42)17-10-37(11-17)25(40)36-6-5-16(9-36)34-23-22-20(32-13-33-23)4-3-19(35-22)15-7-18(27(28,29)30)24(43-2)31-8-15/h3-4,7-8,12-14,16-17,21H,5-6,9-11H2,1-2H3,(H,41,42)(H,32,33,34). The van der Waals surface area contributed by atoms with E-state index in [1.165, 1.54) is 12.5 Å². The number of fused-ring (bicyclic) bond motifs is 1. The molecule has 13 nitrogen and oxygen atoms in total. The van der Waals surface area contributed by atoms with Crippen LogP contribution in [0.25, 0.3) is 22.3 Å². The molecule has 3 atom stereocenters. The largest absolute Gasteiger partial charge is 0.421 e. The zero-order valence-electron chi connectivity index (χ0n) is 23.6. The van der Waals surface area contributed by atoms with Crippen molar-refractivity contribution in [2.24, 2.45) is 0 Å². The van der Waals surface area contributed by atoms with Crippen LogP contribution in [0.15, 0.2) is 30.7 Å². The molecule has 2 fully saturated rings. The van der Waals surface area contributed by atoms with Crippen molar-refractivity contribution in [1.82, 2.24) is 34.6 Å². The Morgan fingerprint density at radius 1 is 1.20 bits per heavy atom. The Morgan fingerprint density at radius 3 is 2.59 bits per heavy atom. The SMILES string of the molecule is COc1ncc(-c2ccc3ncnc(NC4CCN(C(=O)N5CC(N(C(=O)O)C(C=O)C(C)[Se])C5)C4)c3n2)cc1C(F)(F)F. The van der Waals surface area contributed by atoms with Crippen molar-refractivity contribution in [3.63, 3.8) is 0 Å². The van der Waals surface area contributed by atoms with E-state index in [0.717, 1.165) is 18.1 Å². The summed E-state index contributed by atoms with van der Waals surface area (Å²) in [6.45, 7) is 2.85. The summed E-state index contributed by atoms with van der Waals surface area (Å²) >= 11 is 2.77. The molecule has 0 aromatic carbocycles. The Hall–Kier alpha value is -4.24. The minimum absolute atomic E-state index is 0.132. The first-order valence-corrected chi connectivity index (χ1v) is 14.6.